The van der Waals surface area contributed by atoms with Gasteiger partial charge in [-0.2, -0.15) is 0 Å². The summed E-state index contributed by atoms with van der Waals surface area (Å²) in [4.78, 5) is 20.7. The zero-order valence-corrected chi connectivity index (χ0v) is 15.9. The number of H-pyrrole nitrogens is 1. The average Bonchev–Trinajstić information content (AvgIpc) is 3.27. The zero-order valence-electron chi connectivity index (χ0n) is 15.9. The topological polar surface area (TPSA) is 75.6 Å². The maximum absolute atomic E-state index is 12.7. The van der Waals surface area contributed by atoms with Crippen molar-refractivity contribution in [2.45, 2.75) is 33.1 Å². The molecule has 6 nitrogen and oxygen atoms in total. The Morgan fingerprint density at radius 3 is 2.79 bits per heavy atom. The Hall–Kier alpha value is -3.41. The van der Waals surface area contributed by atoms with Crippen LogP contribution in [0.2, 0.25) is 0 Å². The van der Waals surface area contributed by atoms with Crippen molar-refractivity contribution in [2.24, 2.45) is 0 Å². The molecule has 0 amide bonds. The van der Waals surface area contributed by atoms with E-state index in [4.69, 9.17) is 5.10 Å². The normalized spacial score (nSPS) is 13.7. The fourth-order valence-electron chi connectivity index (χ4n) is 3.83. The molecule has 0 unspecified atom stereocenters. The third-order valence-corrected chi connectivity index (χ3v) is 5.51. The van der Waals surface area contributed by atoms with Crippen molar-refractivity contribution in [3.63, 3.8) is 0 Å². The lowest BCUT2D eigenvalue weighted by molar-refractivity contribution is 0.0973. The van der Waals surface area contributed by atoms with Crippen LogP contribution < -0.4 is 5.32 Å². The van der Waals surface area contributed by atoms with E-state index in [1.807, 2.05) is 36.4 Å². The number of rotatable bonds is 3. The van der Waals surface area contributed by atoms with Crippen molar-refractivity contribution in [2.75, 3.05) is 5.32 Å². The molecule has 6 heteroatoms. The predicted octanol–water partition coefficient (Wildman–Crippen LogP) is 4.63. The van der Waals surface area contributed by atoms with E-state index in [0.717, 1.165) is 40.8 Å². The second-order valence-electron chi connectivity index (χ2n) is 7.31. The Morgan fingerprint density at radius 1 is 1.07 bits per heavy atom. The molecular weight excluding hydrogens is 350 g/mol. The van der Waals surface area contributed by atoms with Crippen LogP contribution in [0.25, 0.3) is 17.0 Å². The molecule has 2 N–H and O–H groups in total. The Morgan fingerprint density at radius 2 is 1.93 bits per heavy atom. The summed E-state index contributed by atoms with van der Waals surface area (Å²) < 4.78 is 1.79. The van der Waals surface area contributed by atoms with Gasteiger partial charge in [0.1, 0.15) is 0 Å². The number of nitrogens with zero attached hydrogens (tertiary/aromatic N) is 3. The van der Waals surface area contributed by atoms with E-state index in [1.54, 1.807) is 4.68 Å². The first kappa shape index (κ1) is 16.7. The first-order chi connectivity index (χ1) is 13.6. The zero-order chi connectivity index (χ0) is 19.3. The summed E-state index contributed by atoms with van der Waals surface area (Å²) in [5, 5.41) is 8.17. The summed E-state index contributed by atoms with van der Waals surface area (Å²) in [5.41, 5.74) is 6.76. The number of benzene rings is 2. The number of para-hydroxylation sites is 2. The number of fused-ring (bicyclic) bond motifs is 2. The number of aromatic nitrogens is 4. The van der Waals surface area contributed by atoms with Gasteiger partial charge in [-0.1, -0.05) is 24.3 Å². The molecule has 0 spiro atoms. The van der Waals surface area contributed by atoms with Crippen molar-refractivity contribution in [3.8, 4) is 5.95 Å². The smallest absolute Gasteiger partial charge is 0.229 e. The largest absolute Gasteiger partial charge is 0.338 e. The van der Waals surface area contributed by atoms with Crippen LogP contribution in [0, 0.1) is 13.8 Å². The highest BCUT2D eigenvalue weighted by molar-refractivity contribution is 6.03. The van der Waals surface area contributed by atoms with Crippen molar-refractivity contribution in [3.05, 3.63) is 64.8 Å². The van der Waals surface area contributed by atoms with Gasteiger partial charge in [0.2, 0.25) is 5.95 Å². The van der Waals surface area contributed by atoms with Crippen molar-refractivity contribution in [1.82, 2.24) is 19.7 Å². The Bertz CT molecular complexity index is 1180. The summed E-state index contributed by atoms with van der Waals surface area (Å²) in [6.07, 6.45) is 2.20. The minimum atomic E-state index is 0.136. The fraction of sp³-hybridized carbons (Fsp3) is 0.227. The van der Waals surface area contributed by atoms with E-state index in [1.165, 1.54) is 5.56 Å². The third-order valence-electron chi connectivity index (χ3n) is 5.51. The number of ketones is 1. The lowest BCUT2D eigenvalue weighted by atomic mass is 9.95. The fourth-order valence-corrected chi connectivity index (χ4v) is 3.83. The van der Waals surface area contributed by atoms with Gasteiger partial charge in [-0.25, -0.2) is 9.67 Å². The molecule has 140 valence electrons. The lowest BCUT2D eigenvalue weighted by Gasteiger charge is -2.13. The van der Waals surface area contributed by atoms with Gasteiger partial charge >= 0.3 is 0 Å². The summed E-state index contributed by atoms with van der Waals surface area (Å²) in [7, 11) is 0. The van der Waals surface area contributed by atoms with Gasteiger partial charge in [0, 0.05) is 12.1 Å². The maximum atomic E-state index is 12.7. The number of imidazole rings is 1. The standard InChI is InChI=1S/C22H21N5O/c1-13-7-5-10-15(14(13)2)23-21-20-18(11-6-12-19(20)28)27(26-21)22-24-16-8-3-4-9-17(16)25-22/h3-5,7-10H,6,11-12H2,1-2H3,(H,23,26)(H,24,25). The number of hydrogen-bond donors (Lipinski definition) is 2. The van der Waals surface area contributed by atoms with Crippen molar-refractivity contribution < 1.29 is 4.79 Å². The van der Waals surface area contributed by atoms with Gasteiger partial charge in [-0.15, -0.1) is 5.10 Å². The van der Waals surface area contributed by atoms with Crippen LogP contribution in [0.1, 0.15) is 40.0 Å². The van der Waals surface area contributed by atoms with Crippen LogP contribution in [0.15, 0.2) is 42.5 Å². The highest BCUT2D eigenvalue weighted by Gasteiger charge is 2.29. The molecule has 0 saturated carbocycles. The molecule has 5 rings (SSSR count). The van der Waals surface area contributed by atoms with Gasteiger partial charge < -0.3 is 10.3 Å². The molecule has 2 heterocycles. The van der Waals surface area contributed by atoms with Crippen molar-refractivity contribution in [1.29, 1.82) is 0 Å². The highest BCUT2D eigenvalue weighted by atomic mass is 16.1. The number of anilines is 2. The van der Waals surface area contributed by atoms with E-state index in [-0.39, 0.29) is 5.78 Å². The average molecular weight is 371 g/mol. The molecule has 0 fully saturated rings. The number of carbonyl (C=O) groups excluding carboxylic acids is 1. The van der Waals surface area contributed by atoms with Gasteiger partial charge in [0.15, 0.2) is 11.6 Å². The summed E-state index contributed by atoms with van der Waals surface area (Å²) >= 11 is 0. The van der Waals surface area contributed by atoms with E-state index in [9.17, 15) is 4.79 Å². The molecule has 0 saturated heterocycles. The first-order valence-corrected chi connectivity index (χ1v) is 9.55. The number of hydrogen-bond acceptors (Lipinski definition) is 4. The number of carbonyl (C=O) groups is 1. The molecule has 0 aliphatic heterocycles. The second-order valence-corrected chi connectivity index (χ2v) is 7.31. The molecule has 0 radical (unpaired) electrons. The van der Waals surface area contributed by atoms with Crippen LogP contribution in [-0.4, -0.2) is 25.5 Å². The molecule has 2 aromatic heterocycles. The quantitative estimate of drug-likeness (QED) is 0.551. The first-order valence-electron chi connectivity index (χ1n) is 9.55. The Labute approximate surface area is 162 Å². The number of aromatic amines is 1. The lowest BCUT2D eigenvalue weighted by Crippen LogP contribution is -2.14. The van der Waals surface area contributed by atoms with Crippen LogP contribution in [0.3, 0.4) is 0 Å². The summed E-state index contributed by atoms with van der Waals surface area (Å²) in [6.45, 7) is 4.15. The van der Waals surface area contributed by atoms with Gasteiger partial charge in [-0.3, -0.25) is 4.79 Å². The number of nitrogens with one attached hydrogen (secondary N) is 2. The van der Waals surface area contributed by atoms with E-state index in [2.05, 4.69) is 35.2 Å². The molecule has 1 aliphatic rings. The highest BCUT2D eigenvalue weighted by Crippen LogP contribution is 2.32. The van der Waals surface area contributed by atoms with E-state index < -0.39 is 0 Å². The Kier molecular flexibility index (Phi) is 3.79. The summed E-state index contributed by atoms with van der Waals surface area (Å²) in [5.74, 6) is 1.38. The molecule has 1 aliphatic carbocycles. The molecule has 0 bridgehead atoms. The molecule has 4 aromatic rings. The summed E-state index contributed by atoms with van der Waals surface area (Å²) in [6, 6.07) is 14.0. The molecule has 28 heavy (non-hydrogen) atoms. The minimum Gasteiger partial charge on any atom is -0.338 e. The monoisotopic (exact) mass is 371 g/mol. The third kappa shape index (κ3) is 2.60. The second kappa shape index (κ2) is 6.34. The van der Waals surface area contributed by atoms with Crippen molar-refractivity contribution >= 4 is 28.3 Å². The van der Waals surface area contributed by atoms with E-state index in [0.29, 0.717) is 23.8 Å². The van der Waals surface area contributed by atoms with Crippen LogP contribution in [-0.2, 0) is 6.42 Å². The SMILES string of the molecule is Cc1cccc(Nc2nn(-c3nc4ccccc4[nH]3)c3c2C(=O)CCC3)c1C. The molecule has 0 atom stereocenters. The minimum absolute atomic E-state index is 0.136. The van der Waals surface area contributed by atoms with Gasteiger partial charge in [-0.05, 0) is 56.0 Å². The predicted molar refractivity (Wildman–Crippen MR) is 110 cm³/mol. The maximum Gasteiger partial charge on any atom is 0.229 e. The van der Waals surface area contributed by atoms with Crippen LogP contribution >= 0.6 is 0 Å². The van der Waals surface area contributed by atoms with Crippen LogP contribution in [0.4, 0.5) is 11.5 Å². The van der Waals surface area contributed by atoms with Gasteiger partial charge in [0.25, 0.3) is 0 Å². The molecule has 2 aromatic carbocycles. The molecular formula is C22H21N5O. The number of Topliss-reactive ketones (excluding diaryl/α,β-unsaturated/α-hetero) is 1. The van der Waals surface area contributed by atoms with Gasteiger partial charge in [0.05, 0.1) is 22.3 Å². The number of aryl methyl sites for hydroxylation is 1. The van der Waals surface area contributed by atoms with E-state index >= 15 is 0 Å². The Balaban J connectivity index is 1.66. The van der Waals surface area contributed by atoms with Crippen LogP contribution in [0.5, 0.6) is 0 Å².